The molecule has 0 unspecified atom stereocenters. The van der Waals surface area contributed by atoms with Gasteiger partial charge in [0.25, 0.3) is 0 Å². The van der Waals surface area contributed by atoms with Crippen molar-refractivity contribution in [2.24, 2.45) is 5.84 Å². The number of nitrogens with zero attached hydrogens (tertiary/aromatic N) is 1. The van der Waals surface area contributed by atoms with E-state index in [1.54, 1.807) is 11.3 Å². The summed E-state index contributed by atoms with van der Waals surface area (Å²) in [7, 11) is 0. The number of nitrogens with one attached hydrogen (secondary N) is 1. The van der Waals surface area contributed by atoms with Crippen LogP contribution < -0.4 is 11.3 Å². The molecule has 19 heavy (non-hydrogen) atoms. The van der Waals surface area contributed by atoms with Crippen LogP contribution in [0.25, 0.3) is 20.8 Å². The van der Waals surface area contributed by atoms with Crippen molar-refractivity contribution in [3.8, 4) is 10.6 Å². The molecule has 0 bridgehead atoms. The maximum atomic E-state index is 5.51. The van der Waals surface area contributed by atoms with E-state index in [-0.39, 0.29) is 0 Å². The van der Waals surface area contributed by atoms with Gasteiger partial charge < -0.3 is 5.43 Å². The van der Waals surface area contributed by atoms with Crippen LogP contribution in [0.5, 0.6) is 0 Å². The predicted octanol–water partition coefficient (Wildman–Crippen LogP) is 3.87. The number of aromatic nitrogens is 1. The van der Waals surface area contributed by atoms with E-state index in [0.29, 0.717) is 0 Å². The summed E-state index contributed by atoms with van der Waals surface area (Å²) in [5, 5.41) is 1.06. The molecule has 0 fully saturated rings. The summed E-state index contributed by atoms with van der Waals surface area (Å²) in [6.07, 6.45) is 0. The van der Waals surface area contributed by atoms with Gasteiger partial charge in [-0.15, -0.1) is 11.3 Å². The van der Waals surface area contributed by atoms with Gasteiger partial charge in [-0.3, -0.25) is 5.84 Å². The summed E-state index contributed by atoms with van der Waals surface area (Å²) in [6, 6.07) is 12.3. The Morgan fingerprint density at radius 2 is 1.84 bits per heavy atom. The lowest BCUT2D eigenvalue weighted by Gasteiger charge is -2.11. The van der Waals surface area contributed by atoms with Crippen LogP contribution in [0, 0.1) is 13.8 Å². The Balaban J connectivity index is 2.18. The van der Waals surface area contributed by atoms with Crippen molar-refractivity contribution < 1.29 is 0 Å². The number of nitrogens with two attached hydrogens (primary N) is 1. The van der Waals surface area contributed by atoms with Gasteiger partial charge in [-0.25, -0.2) is 4.98 Å². The molecule has 0 radical (unpaired) electrons. The van der Waals surface area contributed by atoms with Gasteiger partial charge in [-0.2, -0.15) is 0 Å². The lowest BCUT2D eigenvalue weighted by atomic mass is 10.0. The Morgan fingerprint density at radius 3 is 2.58 bits per heavy atom. The first-order valence-corrected chi connectivity index (χ1v) is 6.95. The standard InChI is InChI=1S/C15H15N3S/c1-9-10(2)12(18-16)8-7-11(9)15-17-13-5-3-4-6-14(13)19-15/h3-8,18H,16H2,1-2H3. The number of para-hydroxylation sites is 1. The quantitative estimate of drug-likeness (QED) is 0.548. The van der Waals surface area contributed by atoms with Crippen LogP contribution in [-0.4, -0.2) is 4.98 Å². The zero-order valence-electron chi connectivity index (χ0n) is 10.9. The topological polar surface area (TPSA) is 50.9 Å². The molecule has 0 atom stereocenters. The second kappa shape index (κ2) is 4.64. The van der Waals surface area contributed by atoms with Crippen LogP contribution in [0.2, 0.25) is 0 Å². The Kier molecular flexibility index (Phi) is 2.97. The fourth-order valence-electron chi connectivity index (χ4n) is 2.20. The number of hydrogen-bond donors (Lipinski definition) is 2. The van der Waals surface area contributed by atoms with Crippen LogP contribution >= 0.6 is 11.3 Å². The van der Waals surface area contributed by atoms with Gasteiger partial charge in [-0.05, 0) is 49.2 Å². The number of hydrogen-bond acceptors (Lipinski definition) is 4. The van der Waals surface area contributed by atoms with Crippen molar-refractivity contribution in [3.63, 3.8) is 0 Å². The molecule has 3 aromatic rings. The number of hydrazine groups is 1. The number of rotatable bonds is 2. The molecule has 96 valence electrons. The number of fused-ring (bicyclic) bond motifs is 1. The highest BCUT2D eigenvalue weighted by atomic mass is 32.1. The molecule has 0 aliphatic heterocycles. The number of thiazole rings is 1. The minimum absolute atomic E-state index is 0.961. The summed E-state index contributed by atoms with van der Waals surface area (Å²) in [6.45, 7) is 4.18. The third-order valence-electron chi connectivity index (χ3n) is 3.47. The Hall–Kier alpha value is -1.91. The van der Waals surface area contributed by atoms with Crippen molar-refractivity contribution >= 4 is 27.2 Å². The molecular weight excluding hydrogens is 254 g/mol. The van der Waals surface area contributed by atoms with E-state index < -0.39 is 0 Å². The van der Waals surface area contributed by atoms with Crippen LogP contribution in [-0.2, 0) is 0 Å². The minimum atomic E-state index is 0.961. The van der Waals surface area contributed by atoms with Crippen LogP contribution in [0.3, 0.4) is 0 Å². The summed E-state index contributed by atoms with van der Waals surface area (Å²) in [5.41, 5.74) is 8.30. The first-order valence-electron chi connectivity index (χ1n) is 6.13. The summed E-state index contributed by atoms with van der Waals surface area (Å²) in [5.74, 6) is 5.51. The smallest absolute Gasteiger partial charge is 0.124 e. The highest BCUT2D eigenvalue weighted by Crippen LogP contribution is 2.34. The third kappa shape index (κ3) is 1.99. The number of anilines is 1. The van der Waals surface area contributed by atoms with Gasteiger partial charge in [0.2, 0.25) is 0 Å². The van der Waals surface area contributed by atoms with Gasteiger partial charge in [0.15, 0.2) is 0 Å². The highest BCUT2D eigenvalue weighted by molar-refractivity contribution is 7.21. The molecule has 3 N–H and O–H groups in total. The van der Waals surface area contributed by atoms with E-state index in [4.69, 9.17) is 10.8 Å². The van der Waals surface area contributed by atoms with E-state index in [1.807, 2.05) is 24.3 Å². The van der Waals surface area contributed by atoms with Crippen LogP contribution in [0.15, 0.2) is 36.4 Å². The van der Waals surface area contributed by atoms with Gasteiger partial charge in [0.05, 0.1) is 15.9 Å². The average molecular weight is 269 g/mol. The fourth-order valence-corrected chi connectivity index (χ4v) is 3.24. The van der Waals surface area contributed by atoms with E-state index in [0.717, 1.165) is 16.2 Å². The molecule has 0 aliphatic rings. The molecule has 4 heteroatoms. The molecule has 3 rings (SSSR count). The van der Waals surface area contributed by atoms with Gasteiger partial charge >= 0.3 is 0 Å². The maximum absolute atomic E-state index is 5.51. The van der Waals surface area contributed by atoms with Gasteiger partial charge in [-0.1, -0.05) is 12.1 Å². The molecule has 2 aromatic carbocycles. The Bertz CT molecular complexity index is 713. The first kappa shape index (κ1) is 12.1. The van der Waals surface area contributed by atoms with E-state index in [1.165, 1.54) is 21.4 Å². The lowest BCUT2D eigenvalue weighted by Crippen LogP contribution is -2.08. The minimum Gasteiger partial charge on any atom is -0.324 e. The maximum Gasteiger partial charge on any atom is 0.124 e. The molecule has 3 nitrogen and oxygen atoms in total. The van der Waals surface area contributed by atoms with Crippen molar-refractivity contribution in [1.82, 2.24) is 4.98 Å². The zero-order chi connectivity index (χ0) is 13.4. The van der Waals surface area contributed by atoms with Crippen molar-refractivity contribution in [2.45, 2.75) is 13.8 Å². The summed E-state index contributed by atoms with van der Waals surface area (Å²) in [4.78, 5) is 4.71. The molecular formula is C15H15N3S. The molecule has 0 saturated carbocycles. The SMILES string of the molecule is Cc1c(NN)ccc(-c2nc3ccccc3s2)c1C. The van der Waals surface area contributed by atoms with Gasteiger partial charge in [0, 0.05) is 5.56 Å². The Morgan fingerprint density at radius 1 is 1.05 bits per heavy atom. The third-order valence-corrected chi connectivity index (χ3v) is 4.54. The fraction of sp³-hybridized carbons (Fsp3) is 0.133. The molecule has 0 amide bonds. The zero-order valence-corrected chi connectivity index (χ0v) is 11.7. The van der Waals surface area contributed by atoms with E-state index in [9.17, 15) is 0 Å². The van der Waals surface area contributed by atoms with Crippen LogP contribution in [0.4, 0.5) is 5.69 Å². The predicted molar refractivity (Wildman–Crippen MR) is 82.3 cm³/mol. The second-order valence-corrected chi connectivity index (χ2v) is 5.57. The Labute approximate surface area is 116 Å². The lowest BCUT2D eigenvalue weighted by molar-refractivity contribution is 1.27. The molecule has 0 spiro atoms. The first-order chi connectivity index (χ1) is 9.20. The van der Waals surface area contributed by atoms with E-state index >= 15 is 0 Å². The second-order valence-electron chi connectivity index (χ2n) is 4.54. The van der Waals surface area contributed by atoms with Crippen LogP contribution in [0.1, 0.15) is 11.1 Å². The average Bonchev–Trinajstić information content (AvgIpc) is 2.85. The largest absolute Gasteiger partial charge is 0.324 e. The summed E-state index contributed by atoms with van der Waals surface area (Å²) < 4.78 is 1.22. The molecule has 1 heterocycles. The molecule has 1 aromatic heterocycles. The highest BCUT2D eigenvalue weighted by Gasteiger charge is 2.11. The number of nitrogen functional groups attached to an aromatic ring is 1. The molecule has 0 saturated heterocycles. The monoisotopic (exact) mass is 269 g/mol. The molecule has 0 aliphatic carbocycles. The number of benzene rings is 2. The van der Waals surface area contributed by atoms with Crippen molar-refractivity contribution in [3.05, 3.63) is 47.5 Å². The normalized spacial score (nSPS) is 10.9. The van der Waals surface area contributed by atoms with Gasteiger partial charge in [0.1, 0.15) is 5.01 Å². The van der Waals surface area contributed by atoms with Crippen molar-refractivity contribution in [2.75, 3.05) is 5.43 Å². The summed E-state index contributed by atoms with van der Waals surface area (Å²) >= 11 is 1.72. The van der Waals surface area contributed by atoms with Crippen molar-refractivity contribution in [1.29, 1.82) is 0 Å². The van der Waals surface area contributed by atoms with E-state index in [2.05, 4.69) is 31.4 Å².